The average molecular weight is 369 g/mol. The van der Waals surface area contributed by atoms with Gasteiger partial charge in [0.05, 0.1) is 0 Å². The monoisotopic (exact) mass is 368 g/mol. The maximum absolute atomic E-state index is 6.02. The van der Waals surface area contributed by atoms with Crippen LogP contribution in [-0.4, -0.2) is 16.8 Å². The third-order valence-corrected chi connectivity index (χ3v) is 4.17. The van der Waals surface area contributed by atoms with Crippen LogP contribution < -0.4 is 20.1 Å². The summed E-state index contributed by atoms with van der Waals surface area (Å²) in [7, 11) is 0. The fourth-order valence-electron chi connectivity index (χ4n) is 2.72. The number of fused-ring (bicyclic) bond motifs is 1. The molecule has 1 aliphatic heterocycles. The highest BCUT2D eigenvalue weighted by Crippen LogP contribution is 2.35. The lowest BCUT2D eigenvalue weighted by atomic mass is 10.2. The van der Waals surface area contributed by atoms with Gasteiger partial charge in [-0.3, -0.25) is 0 Å². The Morgan fingerprint density at radius 2 is 1.65 bits per heavy atom. The molecule has 2 N–H and O–H groups in total. The number of anilines is 4. The fourth-order valence-corrected chi connectivity index (χ4v) is 2.95. The molecule has 2 aromatic carbocycles. The van der Waals surface area contributed by atoms with Crippen molar-refractivity contribution in [2.45, 2.75) is 13.8 Å². The number of hydrogen-bond acceptors (Lipinski definition) is 6. The van der Waals surface area contributed by atoms with E-state index in [2.05, 4.69) is 20.6 Å². The van der Waals surface area contributed by atoms with Crippen LogP contribution in [-0.2, 0) is 0 Å². The quantitative estimate of drug-likeness (QED) is 0.678. The highest BCUT2D eigenvalue weighted by molar-refractivity contribution is 6.30. The van der Waals surface area contributed by atoms with Crippen LogP contribution in [0.3, 0.4) is 0 Å². The van der Waals surface area contributed by atoms with Crippen molar-refractivity contribution in [2.75, 3.05) is 17.4 Å². The van der Waals surface area contributed by atoms with Crippen molar-refractivity contribution < 1.29 is 9.47 Å². The van der Waals surface area contributed by atoms with E-state index in [1.54, 1.807) is 0 Å². The number of rotatable bonds is 4. The summed E-state index contributed by atoms with van der Waals surface area (Å²) in [6.07, 6.45) is 0. The first-order chi connectivity index (χ1) is 12.6. The van der Waals surface area contributed by atoms with Gasteiger partial charge in [-0.25, -0.2) is 9.97 Å². The van der Waals surface area contributed by atoms with Crippen LogP contribution in [0.15, 0.2) is 42.5 Å². The van der Waals surface area contributed by atoms with E-state index >= 15 is 0 Å². The summed E-state index contributed by atoms with van der Waals surface area (Å²) in [6, 6.07) is 13.2. The Kier molecular flexibility index (Phi) is 4.26. The Bertz CT molecular complexity index is 978. The second kappa shape index (κ2) is 6.72. The Morgan fingerprint density at radius 1 is 0.885 bits per heavy atom. The SMILES string of the molecule is Cc1nc(Nc2ccc3c(c2)OCO3)cc(Nc2ccc(Cl)cc2C)n1. The molecule has 3 aromatic rings. The van der Waals surface area contributed by atoms with E-state index in [1.165, 1.54) is 0 Å². The van der Waals surface area contributed by atoms with Gasteiger partial charge >= 0.3 is 0 Å². The van der Waals surface area contributed by atoms with Crippen LogP contribution in [0.2, 0.25) is 5.02 Å². The molecular formula is C19H17ClN4O2. The molecule has 0 bridgehead atoms. The average Bonchev–Trinajstić information content (AvgIpc) is 3.05. The predicted octanol–water partition coefficient (Wildman–Crippen LogP) is 4.96. The maximum Gasteiger partial charge on any atom is 0.231 e. The second-order valence-corrected chi connectivity index (χ2v) is 6.40. The lowest BCUT2D eigenvalue weighted by Gasteiger charge is -2.12. The smallest absolute Gasteiger partial charge is 0.231 e. The van der Waals surface area contributed by atoms with Gasteiger partial charge in [0.2, 0.25) is 6.79 Å². The van der Waals surface area contributed by atoms with Gasteiger partial charge in [0.15, 0.2) is 11.5 Å². The van der Waals surface area contributed by atoms with E-state index in [-0.39, 0.29) is 6.79 Å². The Hall–Kier alpha value is -2.99. The zero-order valence-corrected chi connectivity index (χ0v) is 15.1. The lowest BCUT2D eigenvalue weighted by molar-refractivity contribution is 0.174. The first-order valence-corrected chi connectivity index (χ1v) is 8.50. The molecular weight excluding hydrogens is 352 g/mol. The van der Waals surface area contributed by atoms with Crippen LogP contribution >= 0.6 is 11.6 Å². The second-order valence-electron chi connectivity index (χ2n) is 5.96. The standard InChI is InChI=1S/C19H17ClN4O2/c1-11-7-13(20)3-5-15(11)24-19-9-18(21-12(2)22-19)23-14-4-6-16-17(8-14)26-10-25-16/h3-9H,10H2,1-2H3,(H2,21,22,23,24). The van der Waals surface area contributed by atoms with E-state index in [9.17, 15) is 0 Å². The molecule has 0 radical (unpaired) electrons. The van der Waals surface area contributed by atoms with Crippen LogP contribution in [0.4, 0.5) is 23.0 Å². The number of benzene rings is 2. The number of ether oxygens (including phenoxy) is 2. The van der Waals surface area contributed by atoms with Gasteiger partial charge < -0.3 is 20.1 Å². The third-order valence-electron chi connectivity index (χ3n) is 3.93. The normalized spacial score (nSPS) is 12.1. The van der Waals surface area contributed by atoms with Gasteiger partial charge in [0, 0.05) is 28.5 Å². The molecule has 0 amide bonds. The third kappa shape index (κ3) is 3.50. The summed E-state index contributed by atoms with van der Waals surface area (Å²) in [5.41, 5.74) is 2.85. The molecule has 0 fully saturated rings. The molecule has 132 valence electrons. The molecule has 6 nitrogen and oxygen atoms in total. The molecule has 26 heavy (non-hydrogen) atoms. The number of nitrogens with zero attached hydrogens (tertiary/aromatic N) is 2. The Morgan fingerprint density at radius 3 is 2.46 bits per heavy atom. The van der Waals surface area contributed by atoms with Gasteiger partial charge in [-0.15, -0.1) is 0 Å². The molecule has 7 heteroatoms. The minimum atomic E-state index is 0.250. The van der Waals surface area contributed by atoms with Crippen LogP contribution in [0, 0.1) is 13.8 Å². The number of hydrogen-bond donors (Lipinski definition) is 2. The van der Waals surface area contributed by atoms with Gasteiger partial charge in [-0.05, 0) is 49.7 Å². The van der Waals surface area contributed by atoms with Crippen molar-refractivity contribution in [3.05, 3.63) is 58.9 Å². The Labute approximate surface area is 156 Å². The van der Waals surface area contributed by atoms with Gasteiger partial charge in [0.1, 0.15) is 17.5 Å². The first-order valence-electron chi connectivity index (χ1n) is 8.12. The molecule has 2 heterocycles. The minimum absolute atomic E-state index is 0.250. The van der Waals surface area contributed by atoms with E-state index in [0.717, 1.165) is 28.4 Å². The zero-order valence-electron chi connectivity index (χ0n) is 14.3. The number of nitrogens with one attached hydrogen (secondary N) is 2. The van der Waals surface area contributed by atoms with E-state index in [1.807, 2.05) is 56.3 Å². The van der Waals surface area contributed by atoms with Crippen LogP contribution in [0.1, 0.15) is 11.4 Å². The molecule has 4 rings (SSSR count). The summed E-state index contributed by atoms with van der Waals surface area (Å²) >= 11 is 6.02. The lowest BCUT2D eigenvalue weighted by Crippen LogP contribution is -2.02. The van der Waals surface area contributed by atoms with E-state index in [4.69, 9.17) is 21.1 Å². The predicted molar refractivity (Wildman–Crippen MR) is 102 cm³/mol. The topological polar surface area (TPSA) is 68.3 Å². The van der Waals surface area contributed by atoms with Crippen LogP contribution in [0.5, 0.6) is 11.5 Å². The summed E-state index contributed by atoms with van der Waals surface area (Å²) in [4.78, 5) is 8.90. The van der Waals surface area contributed by atoms with Gasteiger partial charge in [-0.2, -0.15) is 0 Å². The summed E-state index contributed by atoms with van der Waals surface area (Å²) in [6.45, 7) is 4.10. The highest BCUT2D eigenvalue weighted by Gasteiger charge is 2.13. The largest absolute Gasteiger partial charge is 0.454 e. The molecule has 0 unspecified atom stereocenters. The molecule has 0 spiro atoms. The molecule has 0 saturated carbocycles. The molecule has 1 aliphatic rings. The summed E-state index contributed by atoms with van der Waals surface area (Å²) in [5, 5.41) is 7.30. The number of halogens is 1. The highest BCUT2D eigenvalue weighted by atomic mass is 35.5. The molecule has 0 saturated heterocycles. The van der Waals surface area contributed by atoms with Crippen molar-refractivity contribution in [1.82, 2.24) is 9.97 Å². The number of aryl methyl sites for hydroxylation is 2. The maximum atomic E-state index is 6.02. The van der Waals surface area contributed by atoms with Gasteiger partial charge in [-0.1, -0.05) is 11.6 Å². The van der Waals surface area contributed by atoms with Crippen molar-refractivity contribution in [3.63, 3.8) is 0 Å². The van der Waals surface area contributed by atoms with E-state index in [0.29, 0.717) is 22.5 Å². The summed E-state index contributed by atoms with van der Waals surface area (Å²) < 4.78 is 10.7. The zero-order chi connectivity index (χ0) is 18.1. The van der Waals surface area contributed by atoms with Crippen LogP contribution in [0.25, 0.3) is 0 Å². The molecule has 1 aromatic heterocycles. The fraction of sp³-hybridized carbons (Fsp3) is 0.158. The number of aromatic nitrogens is 2. The first kappa shape index (κ1) is 16.5. The van der Waals surface area contributed by atoms with Gasteiger partial charge in [0.25, 0.3) is 0 Å². The van der Waals surface area contributed by atoms with Crippen molar-refractivity contribution in [3.8, 4) is 11.5 Å². The van der Waals surface area contributed by atoms with Crippen molar-refractivity contribution in [1.29, 1.82) is 0 Å². The van der Waals surface area contributed by atoms with Crippen molar-refractivity contribution in [2.24, 2.45) is 0 Å². The molecule has 0 aliphatic carbocycles. The van der Waals surface area contributed by atoms with Crippen molar-refractivity contribution >= 4 is 34.6 Å². The summed E-state index contributed by atoms with van der Waals surface area (Å²) in [5.74, 6) is 3.51. The molecule has 0 atom stereocenters. The Balaban J connectivity index is 1.58. The van der Waals surface area contributed by atoms with E-state index < -0.39 is 0 Å². The minimum Gasteiger partial charge on any atom is -0.454 e.